The maximum atomic E-state index is 13.1. The molecule has 4 rings (SSSR count). The molecule has 0 spiro atoms. The highest BCUT2D eigenvalue weighted by Crippen LogP contribution is 2.42. The smallest absolute Gasteiger partial charge is 0.302 e. The lowest BCUT2D eigenvalue weighted by Gasteiger charge is -2.23. The SMILES string of the molecule is CCOc1ccc(/C(O)=C2\C(=O)C(=O)N(c3ncccn3)[C@H]2c2ccc(Cl)c(Cl)c2)cc1. The molecule has 162 valence electrons. The van der Waals surface area contributed by atoms with Crippen LogP contribution in [0.1, 0.15) is 24.1 Å². The molecule has 2 heterocycles. The molecule has 7 nitrogen and oxygen atoms in total. The second kappa shape index (κ2) is 8.98. The number of ketones is 1. The number of aromatic nitrogens is 2. The molecule has 1 aliphatic rings. The number of rotatable bonds is 5. The van der Waals surface area contributed by atoms with Crippen LogP contribution in [0.2, 0.25) is 10.0 Å². The lowest BCUT2D eigenvalue weighted by molar-refractivity contribution is -0.132. The van der Waals surface area contributed by atoms with Gasteiger partial charge in [0.15, 0.2) is 0 Å². The number of anilines is 1. The van der Waals surface area contributed by atoms with Crippen molar-refractivity contribution in [1.29, 1.82) is 0 Å². The van der Waals surface area contributed by atoms with Crippen LogP contribution in [0.5, 0.6) is 5.75 Å². The van der Waals surface area contributed by atoms with Crippen molar-refractivity contribution < 1.29 is 19.4 Å². The summed E-state index contributed by atoms with van der Waals surface area (Å²) in [5.74, 6) is -1.42. The van der Waals surface area contributed by atoms with Gasteiger partial charge in [-0.2, -0.15) is 0 Å². The number of carbonyl (C=O) groups excluding carboxylic acids is 2. The van der Waals surface area contributed by atoms with Crippen molar-refractivity contribution in [2.75, 3.05) is 11.5 Å². The molecule has 1 fully saturated rings. The van der Waals surface area contributed by atoms with Crippen LogP contribution in [0.4, 0.5) is 5.95 Å². The Balaban J connectivity index is 1.90. The number of aliphatic hydroxyl groups excluding tert-OH is 1. The third-order valence-electron chi connectivity index (χ3n) is 4.91. The molecule has 1 aromatic heterocycles. The van der Waals surface area contributed by atoms with E-state index in [0.717, 1.165) is 4.90 Å². The molecular formula is C23H17Cl2N3O4. The van der Waals surface area contributed by atoms with Gasteiger partial charge in [-0.3, -0.25) is 14.5 Å². The fraction of sp³-hybridized carbons (Fsp3) is 0.130. The highest BCUT2D eigenvalue weighted by molar-refractivity contribution is 6.51. The molecule has 1 atom stereocenters. The number of carbonyl (C=O) groups is 2. The number of nitrogens with zero attached hydrogens (tertiary/aromatic N) is 3. The van der Waals surface area contributed by atoms with Crippen molar-refractivity contribution in [3.05, 3.63) is 87.7 Å². The molecule has 3 aromatic rings. The van der Waals surface area contributed by atoms with Gasteiger partial charge in [-0.05, 0) is 55.0 Å². The summed E-state index contributed by atoms with van der Waals surface area (Å²) in [5, 5.41) is 11.6. The summed E-state index contributed by atoms with van der Waals surface area (Å²) in [7, 11) is 0. The number of hydrogen-bond donors (Lipinski definition) is 1. The standard InChI is InChI=1S/C23H17Cl2N3O4/c1-2-32-15-7-4-13(5-8-15)20(29)18-19(14-6-9-16(24)17(25)12-14)28(22(31)21(18)30)23-26-10-3-11-27-23/h3-12,19,29H,2H2,1H3/b20-18+/t19-/m0/s1. The molecule has 0 unspecified atom stereocenters. The first-order valence-electron chi connectivity index (χ1n) is 9.68. The molecule has 2 aromatic carbocycles. The van der Waals surface area contributed by atoms with E-state index in [-0.39, 0.29) is 22.3 Å². The van der Waals surface area contributed by atoms with Crippen LogP contribution in [-0.4, -0.2) is 33.4 Å². The largest absolute Gasteiger partial charge is 0.507 e. The minimum atomic E-state index is -1.00. The molecule has 32 heavy (non-hydrogen) atoms. The molecule has 1 N–H and O–H groups in total. The summed E-state index contributed by atoms with van der Waals surface area (Å²) in [6, 6.07) is 11.9. The molecular weight excluding hydrogens is 453 g/mol. The predicted octanol–water partition coefficient (Wildman–Crippen LogP) is 4.81. The number of benzene rings is 2. The monoisotopic (exact) mass is 469 g/mol. The van der Waals surface area contributed by atoms with Crippen LogP contribution in [0, 0.1) is 0 Å². The highest BCUT2D eigenvalue weighted by Gasteiger charge is 2.48. The Labute approximate surface area is 193 Å². The summed E-state index contributed by atoms with van der Waals surface area (Å²) < 4.78 is 5.42. The lowest BCUT2D eigenvalue weighted by Crippen LogP contribution is -2.31. The van der Waals surface area contributed by atoms with E-state index in [2.05, 4.69) is 9.97 Å². The van der Waals surface area contributed by atoms with Gasteiger partial charge < -0.3 is 9.84 Å². The maximum Gasteiger partial charge on any atom is 0.302 e. The Morgan fingerprint density at radius 2 is 1.75 bits per heavy atom. The minimum Gasteiger partial charge on any atom is -0.507 e. The van der Waals surface area contributed by atoms with Crippen molar-refractivity contribution in [2.45, 2.75) is 13.0 Å². The molecule has 0 aliphatic carbocycles. The van der Waals surface area contributed by atoms with Crippen LogP contribution < -0.4 is 9.64 Å². The van der Waals surface area contributed by atoms with E-state index in [1.807, 2.05) is 6.92 Å². The number of aliphatic hydroxyl groups is 1. The zero-order valence-corrected chi connectivity index (χ0v) is 18.3. The van der Waals surface area contributed by atoms with Gasteiger partial charge in [-0.15, -0.1) is 0 Å². The number of amides is 1. The maximum absolute atomic E-state index is 13.1. The predicted molar refractivity (Wildman–Crippen MR) is 121 cm³/mol. The normalized spacial score (nSPS) is 17.6. The second-order valence-corrected chi connectivity index (χ2v) is 7.66. The number of hydrogen-bond acceptors (Lipinski definition) is 6. The molecule has 0 radical (unpaired) electrons. The van der Waals surface area contributed by atoms with Gasteiger partial charge in [-0.1, -0.05) is 29.3 Å². The van der Waals surface area contributed by atoms with Crippen molar-refractivity contribution in [3.8, 4) is 5.75 Å². The highest BCUT2D eigenvalue weighted by atomic mass is 35.5. The van der Waals surface area contributed by atoms with E-state index in [0.29, 0.717) is 28.5 Å². The van der Waals surface area contributed by atoms with Crippen LogP contribution in [-0.2, 0) is 9.59 Å². The van der Waals surface area contributed by atoms with Gasteiger partial charge in [-0.25, -0.2) is 9.97 Å². The van der Waals surface area contributed by atoms with E-state index >= 15 is 0 Å². The fourth-order valence-corrected chi connectivity index (χ4v) is 3.79. The average Bonchev–Trinajstić information content (AvgIpc) is 3.07. The average molecular weight is 470 g/mol. The first-order valence-corrected chi connectivity index (χ1v) is 10.4. The third kappa shape index (κ3) is 3.92. The first kappa shape index (κ1) is 21.8. The van der Waals surface area contributed by atoms with E-state index in [1.54, 1.807) is 48.5 Å². The van der Waals surface area contributed by atoms with Crippen LogP contribution >= 0.6 is 23.2 Å². The van der Waals surface area contributed by atoms with E-state index in [9.17, 15) is 14.7 Å². The summed E-state index contributed by atoms with van der Waals surface area (Å²) in [5.41, 5.74) is 0.717. The van der Waals surface area contributed by atoms with Crippen molar-refractivity contribution >= 4 is 46.6 Å². The molecule has 1 amide bonds. The molecule has 1 saturated heterocycles. The summed E-state index contributed by atoms with van der Waals surface area (Å²) >= 11 is 12.3. The molecule has 0 bridgehead atoms. The topological polar surface area (TPSA) is 92.6 Å². The molecule has 1 aliphatic heterocycles. The van der Waals surface area contributed by atoms with Crippen molar-refractivity contribution in [1.82, 2.24) is 9.97 Å². The zero-order valence-electron chi connectivity index (χ0n) is 16.8. The summed E-state index contributed by atoms with van der Waals surface area (Å²) in [4.78, 5) is 35.4. The summed E-state index contributed by atoms with van der Waals surface area (Å²) in [6.07, 6.45) is 2.92. The number of Topliss-reactive ketones (excluding diaryl/α,β-unsaturated/α-hetero) is 1. The van der Waals surface area contributed by atoms with Gasteiger partial charge >= 0.3 is 5.91 Å². The number of ether oxygens (including phenoxy) is 1. The second-order valence-electron chi connectivity index (χ2n) is 6.85. The lowest BCUT2D eigenvalue weighted by atomic mass is 9.95. The van der Waals surface area contributed by atoms with Gasteiger partial charge in [0, 0.05) is 18.0 Å². The first-order chi connectivity index (χ1) is 15.4. The van der Waals surface area contributed by atoms with Gasteiger partial charge in [0.1, 0.15) is 11.5 Å². The summed E-state index contributed by atoms with van der Waals surface area (Å²) in [6.45, 7) is 2.35. The zero-order chi connectivity index (χ0) is 22.8. The Hall–Kier alpha value is -3.42. The Bertz CT molecular complexity index is 1210. The number of halogens is 2. The van der Waals surface area contributed by atoms with Crippen LogP contribution in [0.15, 0.2) is 66.5 Å². The quantitative estimate of drug-likeness (QED) is 0.327. The Morgan fingerprint density at radius 1 is 1.06 bits per heavy atom. The van der Waals surface area contributed by atoms with Crippen molar-refractivity contribution in [3.63, 3.8) is 0 Å². The Morgan fingerprint density at radius 3 is 2.38 bits per heavy atom. The van der Waals surface area contributed by atoms with Crippen molar-refractivity contribution in [2.24, 2.45) is 0 Å². The third-order valence-corrected chi connectivity index (χ3v) is 5.65. The van der Waals surface area contributed by atoms with Gasteiger partial charge in [0.25, 0.3) is 5.78 Å². The minimum absolute atomic E-state index is 0.0245. The molecule has 0 saturated carbocycles. The molecule has 9 heteroatoms. The van der Waals surface area contributed by atoms with Gasteiger partial charge in [0.2, 0.25) is 5.95 Å². The van der Waals surface area contributed by atoms with E-state index in [1.165, 1.54) is 12.4 Å². The fourth-order valence-electron chi connectivity index (χ4n) is 3.48. The van der Waals surface area contributed by atoms with E-state index < -0.39 is 17.7 Å². The van der Waals surface area contributed by atoms with Crippen LogP contribution in [0.25, 0.3) is 5.76 Å². The van der Waals surface area contributed by atoms with E-state index in [4.69, 9.17) is 27.9 Å². The van der Waals surface area contributed by atoms with Gasteiger partial charge in [0.05, 0.1) is 28.3 Å². The Kier molecular flexibility index (Phi) is 6.12. The van der Waals surface area contributed by atoms with Crippen LogP contribution in [0.3, 0.4) is 0 Å².